The van der Waals surface area contributed by atoms with Crippen molar-refractivity contribution in [2.24, 2.45) is 5.11 Å². The summed E-state index contributed by atoms with van der Waals surface area (Å²) in [5.74, 6) is 0. The molecule has 5 heteroatoms. The first-order chi connectivity index (χ1) is 6.77. The molecule has 1 fully saturated rings. The third kappa shape index (κ3) is 3.18. The Labute approximate surface area is 85.3 Å². The molecule has 1 unspecified atom stereocenters. The molecule has 1 heterocycles. The maximum atomic E-state index is 8.17. The molecule has 0 aromatic heterocycles. The Hall–Kier alpha value is -0.770. The minimum atomic E-state index is 0.594. The van der Waals surface area contributed by atoms with Crippen LogP contribution in [0.15, 0.2) is 5.11 Å². The Morgan fingerprint density at radius 3 is 2.93 bits per heavy atom. The largest absolute Gasteiger partial charge is 0.301 e. The van der Waals surface area contributed by atoms with Crippen LogP contribution in [0.2, 0.25) is 0 Å². The van der Waals surface area contributed by atoms with Crippen LogP contribution in [-0.2, 0) is 0 Å². The molecule has 0 aromatic carbocycles. The summed E-state index contributed by atoms with van der Waals surface area (Å²) in [5.41, 5.74) is 8.17. The van der Waals surface area contributed by atoms with E-state index in [1.165, 1.54) is 6.42 Å². The van der Waals surface area contributed by atoms with Crippen LogP contribution < -0.4 is 0 Å². The molecule has 14 heavy (non-hydrogen) atoms. The molecule has 80 valence electrons. The lowest BCUT2D eigenvalue weighted by Gasteiger charge is -2.38. The molecule has 1 aliphatic rings. The minimum Gasteiger partial charge on any atom is -0.301 e. The van der Waals surface area contributed by atoms with Crippen LogP contribution in [0, 0.1) is 0 Å². The lowest BCUT2D eigenvalue weighted by atomic mass is 10.1. The molecule has 1 atom stereocenters. The van der Waals surface area contributed by atoms with Crippen molar-refractivity contribution >= 4 is 0 Å². The van der Waals surface area contributed by atoms with E-state index in [1.54, 1.807) is 0 Å². The van der Waals surface area contributed by atoms with Crippen LogP contribution in [0.4, 0.5) is 0 Å². The molecule has 1 aliphatic heterocycles. The average molecular weight is 197 g/mol. The predicted molar refractivity (Wildman–Crippen MR) is 57.2 cm³/mol. The van der Waals surface area contributed by atoms with E-state index in [-0.39, 0.29) is 0 Å². The second kappa shape index (κ2) is 5.86. The maximum absolute atomic E-state index is 8.17. The first-order valence-corrected chi connectivity index (χ1v) is 5.21. The first kappa shape index (κ1) is 11.3. The fourth-order valence-corrected chi connectivity index (χ4v) is 1.89. The quantitative estimate of drug-likeness (QED) is 0.388. The van der Waals surface area contributed by atoms with E-state index in [2.05, 4.69) is 33.8 Å². The van der Waals surface area contributed by atoms with Gasteiger partial charge in [0.1, 0.15) is 0 Å². The van der Waals surface area contributed by atoms with Crippen molar-refractivity contribution in [1.29, 1.82) is 0 Å². The van der Waals surface area contributed by atoms with Gasteiger partial charge in [-0.15, -0.1) is 0 Å². The van der Waals surface area contributed by atoms with Crippen molar-refractivity contribution in [2.45, 2.75) is 19.4 Å². The Balaban J connectivity index is 2.30. The highest BCUT2D eigenvalue weighted by Gasteiger charge is 2.21. The van der Waals surface area contributed by atoms with Gasteiger partial charge in [-0.25, -0.2) is 0 Å². The summed E-state index contributed by atoms with van der Waals surface area (Å²) in [7, 11) is 2.18. The highest BCUT2D eigenvalue weighted by Crippen LogP contribution is 2.09. The number of likely N-dealkylation sites (N-methyl/N-ethyl adjacent to an activating group) is 1. The maximum Gasteiger partial charge on any atom is 0.0385 e. The Bertz CT molecular complexity index is 211. The molecule has 1 rings (SSSR count). The van der Waals surface area contributed by atoms with Crippen molar-refractivity contribution < 1.29 is 0 Å². The Kier molecular flexibility index (Phi) is 4.73. The van der Waals surface area contributed by atoms with E-state index >= 15 is 0 Å². The Morgan fingerprint density at radius 1 is 1.50 bits per heavy atom. The monoisotopic (exact) mass is 197 g/mol. The summed E-state index contributed by atoms with van der Waals surface area (Å²) in [5, 5.41) is 3.56. The Morgan fingerprint density at radius 2 is 2.29 bits per heavy atom. The lowest BCUT2D eigenvalue weighted by Crippen LogP contribution is -2.51. The molecule has 0 aromatic rings. The summed E-state index contributed by atoms with van der Waals surface area (Å²) >= 11 is 0. The molecule has 0 radical (unpaired) electrons. The molecule has 0 aliphatic carbocycles. The van der Waals surface area contributed by atoms with Gasteiger partial charge in [0.25, 0.3) is 0 Å². The third-order valence-electron chi connectivity index (χ3n) is 2.91. The van der Waals surface area contributed by atoms with Gasteiger partial charge < -0.3 is 9.80 Å². The zero-order chi connectivity index (χ0) is 10.4. The van der Waals surface area contributed by atoms with Crippen LogP contribution in [0.1, 0.15) is 13.3 Å². The van der Waals surface area contributed by atoms with E-state index in [0.29, 0.717) is 12.6 Å². The topological polar surface area (TPSA) is 55.2 Å². The van der Waals surface area contributed by atoms with E-state index in [9.17, 15) is 0 Å². The number of hydrogen-bond donors (Lipinski definition) is 0. The van der Waals surface area contributed by atoms with Crippen LogP contribution in [0.3, 0.4) is 0 Å². The van der Waals surface area contributed by atoms with Gasteiger partial charge in [-0.05, 0) is 19.0 Å². The number of nitrogens with zero attached hydrogens (tertiary/aromatic N) is 5. The van der Waals surface area contributed by atoms with E-state index in [4.69, 9.17) is 5.53 Å². The van der Waals surface area contributed by atoms with Gasteiger partial charge in [0, 0.05) is 43.7 Å². The molecule has 1 saturated heterocycles. The van der Waals surface area contributed by atoms with Crippen molar-refractivity contribution in [2.75, 3.05) is 39.8 Å². The zero-order valence-electron chi connectivity index (χ0n) is 9.06. The fourth-order valence-electron chi connectivity index (χ4n) is 1.89. The fraction of sp³-hybridized carbons (Fsp3) is 1.00. The molecular weight excluding hydrogens is 178 g/mol. The molecule has 5 nitrogen and oxygen atoms in total. The van der Waals surface area contributed by atoms with Gasteiger partial charge in [-0.3, -0.25) is 0 Å². The predicted octanol–water partition coefficient (Wildman–Crippen LogP) is 1.32. The van der Waals surface area contributed by atoms with Gasteiger partial charge in [0.15, 0.2) is 0 Å². The molecule has 0 amide bonds. The lowest BCUT2D eigenvalue weighted by molar-refractivity contribution is 0.0956. The summed E-state index contributed by atoms with van der Waals surface area (Å²) < 4.78 is 0. The van der Waals surface area contributed by atoms with Gasteiger partial charge in [-0.2, -0.15) is 0 Å². The number of piperazine rings is 1. The summed E-state index contributed by atoms with van der Waals surface area (Å²) in [6.07, 6.45) is 1.19. The average Bonchev–Trinajstić information content (AvgIpc) is 2.21. The van der Waals surface area contributed by atoms with Crippen molar-refractivity contribution in [3.8, 4) is 0 Å². The van der Waals surface area contributed by atoms with Gasteiger partial charge in [0.05, 0.1) is 0 Å². The van der Waals surface area contributed by atoms with E-state index < -0.39 is 0 Å². The molecule has 0 bridgehead atoms. The SMILES string of the molecule is CCC1CN(CCN=[N+]=[N-])CCN1C. The minimum absolute atomic E-state index is 0.594. The number of rotatable bonds is 4. The normalized spacial score (nSPS) is 24.6. The highest BCUT2D eigenvalue weighted by atomic mass is 15.3. The summed E-state index contributed by atoms with van der Waals surface area (Å²) in [6.45, 7) is 7.03. The molecule has 0 saturated carbocycles. The van der Waals surface area contributed by atoms with Crippen LogP contribution in [-0.4, -0.2) is 55.6 Å². The zero-order valence-corrected chi connectivity index (χ0v) is 9.06. The van der Waals surface area contributed by atoms with Crippen LogP contribution >= 0.6 is 0 Å². The van der Waals surface area contributed by atoms with E-state index in [0.717, 1.165) is 26.2 Å². The highest BCUT2D eigenvalue weighted by molar-refractivity contribution is 4.79. The van der Waals surface area contributed by atoms with Crippen molar-refractivity contribution in [3.05, 3.63) is 10.4 Å². The third-order valence-corrected chi connectivity index (χ3v) is 2.91. The van der Waals surface area contributed by atoms with Gasteiger partial charge >= 0.3 is 0 Å². The van der Waals surface area contributed by atoms with Crippen LogP contribution in [0.25, 0.3) is 10.4 Å². The van der Waals surface area contributed by atoms with Gasteiger partial charge in [-0.1, -0.05) is 12.0 Å². The van der Waals surface area contributed by atoms with Gasteiger partial charge in [0.2, 0.25) is 0 Å². The van der Waals surface area contributed by atoms with Crippen molar-refractivity contribution in [3.63, 3.8) is 0 Å². The second-order valence-electron chi connectivity index (χ2n) is 3.80. The van der Waals surface area contributed by atoms with Crippen LogP contribution in [0.5, 0.6) is 0 Å². The van der Waals surface area contributed by atoms with E-state index in [1.807, 2.05) is 0 Å². The standard InChI is InChI=1S/C9H19N5/c1-3-9-8-14(5-4-11-12-10)7-6-13(9)2/h9H,3-8H2,1-2H3. The first-order valence-electron chi connectivity index (χ1n) is 5.21. The number of hydrogen-bond acceptors (Lipinski definition) is 3. The summed E-state index contributed by atoms with van der Waals surface area (Å²) in [4.78, 5) is 7.55. The molecule has 0 spiro atoms. The molecule has 0 N–H and O–H groups in total. The molecular formula is C9H19N5. The second-order valence-corrected chi connectivity index (χ2v) is 3.80. The smallest absolute Gasteiger partial charge is 0.0385 e. The summed E-state index contributed by atoms with van der Waals surface area (Å²) in [6, 6.07) is 0.662. The number of azide groups is 1. The van der Waals surface area contributed by atoms with Crippen molar-refractivity contribution in [1.82, 2.24) is 9.80 Å².